The summed E-state index contributed by atoms with van der Waals surface area (Å²) >= 11 is 0. The lowest BCUT2D eigenvalue weighted by atomic mass is 9.81. The largest absolute Gasteiger partial charge is 0.229 e. The van der Waals surface area contributed by atoms with Gasteiger partial charge in [0.05, 0.1) is 5.75 Å². The van der Waals surface area contributed by atoms with Crippen LogP contribution in [-0.4, -0.2) is 14.2 Å². The van der Waals surface area contributed by atoms with Crippen molar-refractivity contribution in [3.63, 3.8) is 0 Å². The van der Waals surface area contributed by atoms with Gasteiger partial charge in [0.25, 0.3) is 0 Å². The molecule has 0 amide bonds. The van der Waals surface area contributed by atoms with E-state index in [1.54, 1.807) is 0 Å². The van der Waals surface area contributed by atoms with Crippen LogP contribution in [0.15, 0.2) is 0 Å². The molecule has 12 heavy (non-hydrogen) atoms. The van der Waals surface area contributed by atoms with Gasteiger partial charge in [-0.3, -0.25) is 0 Å². The Balaban J connectivity index is 3.97. The normalized spacial score (nSPS) is 16.1. The topological polar surface area (TPSA) is 60.2 Å². The zero-order valence-corrected chi connectivity index (χ0v) is 9.11. The summed E-state index contributed by atoms with van der Waals surface area (Å²) < 4.78 is 21.3. The minimum absolute atomic E-state index is 0.0887. The van der Waals surface area contributed by atoms with E-state index in [0.717, 1.165) is 0 Å². The van der Waals surface area contributed by atoms with Crippen LogP contribution in [0.2, 0.25) is 0 Å². The standard InChI is InChI=1S/C8H19NO2S/c1-7(8(2,3)4)5-6-12(9,10)11/h7H,5-6H2,1-4H3,(H2,9,10,11). The smallest absolute Gasteiger partial charge is 0.209 e. The van der Waals surface area contributed by atoms with Crippen molar-refractivity contribution in [3.05, 3.63) is 0 Å². The zero-order valence-electron chi connectivity index (χ0n) is 8.29. The van der Waals surface area contributed by atoms with Crippen molar-refractivity contribution in [3.8, 4) is 0 Å². The Morgan fingerprint density at radius 1 is 1.33 bits per heavy atom. The second kappa shape index (κ2) is 3.75. The van der Waals surface area contributed by atoms with Crippen molar-refractivity contribution >= 4 is 10.0 Å². The first-order valence-electron chi connectivity index (χ1n) is 4.13. The van der Waals surface area contributed by atoms with Crippen LogP contribution < -0.4 is 5.14 Å². The molecule has 1 unspecified atom stereocenters. The van der Waals surface area contributed by atoms with E-state index in [2.05, 4.69) is 20.8 Å². The van der Waals surface area contributed by atoms with Crippen molar-refractivity contribution in [2.24, 2.45) is 16.5 Å². The average molecular weight is 193 g/mol. The first-order valence-corrected chi connectivity index (χ1v) is 5.85. The molecule has 0 bridgehead atoms. The van der Waals surface area contributed by atoms with Crippen LogP contribution >= 0.6 is 0 Å². The summed E-state index contributed by atoms with van der Waals surface area (Å²) in [6.45, 7) is 8.34. The second-order valence-corrected chi connectivity index (χ2v) is 6.16. The van der Waals surface area contributed by atoms with Crippen LogP contribution in [0.25, 0.3) is 0 Å². The number of nitrogens with two attached hydrogens (primary N) is 1. The van der Waals surface area contributed by atoms with Gasteiger partial charge < -0.3 is 0 Å². The molecule has 0 saturated carbocycles. The Labute approximate surface area is 75.4 Å². The first-order chi connectivity index (χ1) is 5.13. The Kier molecular flexibility index (Phi) is 3.72. The van der Waals surface area contributed by atoms with Gasteiger partial charge in [-0.1, -0.05) is 27.7 Å². The van der Waals surface area contributed by atoms with Crippen LogP contribution in [0, 0.1) is 11.3 Å². The summed E-state index contributed by atoms with van der Waals surface area (Å²) in [5, 5.41) is 4.90. The molecule has 0 aromatic rings. The van der Waals surface area contributed by atoms with Crippen molar-refractivity contribution in [1.29, 1.82) is 0 Å². The molecule has 0 aliphatic carbocycles. The summed E-state index contributed by atoms with van der Waals surface area (Å²) in [4.78, 5) is 0. The third-order valence-corrected chi connectivity index (χ3v) is 3.12. The zero-order chi connectivity index (χ0) is 9.99. The number of rotatable bonds is 3. The predicted octanol–water partition coefficient (Wildman–Crippen LogP) is 1.35. The monoisotopic (exact) mass is 193 g/mol. The lowest BCUT2D eigenvalue weighted by Gasteiger charge is -2.26. The summed E-state index contributed by atoms with van der Waals surface area (Å²) in [5.74, 6) is 0.460. The molecule has 0 aliphatic rings. The lowest BCUT2D eigenvalue weighted by molar-refractivity contribution is 0.255. The molecule has 0 aliphatic heterocycles. The van der Waals surface area contributed by atoms with Gasteiger partial charge in [0, 0.05) is 0 Å². The predicted molar refractivity (Wildman–Crippen MR) is 51.2 cm³/mol. The average Bonchev–Trinajstić information content (AvgIpc) is 1.78. The van der Waals surface area contributed by atoms with E-state index < -0.39 is 10.0 Å². The maximum absolute atomic E-state index is 10.6. The van der Waals surface area contributed by atoms with E-state index in [4.69, 9.17) is 5.14 Å². The molecule has 0 aromatic heterocycles. The van der Waals surface area contributed by atoms with Crippen molar-refractivity contribution in [2.75, 3.05) is 5.75 Å². The van der Waals surface area contributed by atoms with Gasteiger partial charge in [0.2, 0.25) is 10.0 Å². The highest BCUT2D eigenvalue weighted by atomic mass is 32.2. The molecule has 0 rings (SSSR count). The number of hydrogen-bond acceptors (Lipinski definition) is 2. The third-order valence-electron chi connectivity index (χ3n) is 2.31. The maximum atomic E-state index is 10.6. The quantitative estimate of drug-likeness (QED) is 0.735. The molecule has 0 fully saturated rings. The molecule has 2 N–H and O–H groups in total. The second-order valence-electron chi connectivity index (χ2n) is 4.42. The van der Waals surface area contributed by atoms with E-state index in [-0.39, 0.29) is 11.2 Å². The lowest BCUT2D eigenvalue weighted by Crippen LogP contribution is -2.23. The fraction of sp³-hybridized carbons (Fsp3) is 1.00. The van der Waals surface area contributed by atoms with E-state index in [1.165, 1.54) is 0 Å². The van der Waals surface area contributed by atoms with E-state index in [0.29, 0.717) is 12.3 Å². The summed E-state index contributed by atoms with van der Waals surface area (Å²) in [6, 6.07) is 0. The highest BCUT2D eigenvalue weighted by Crippen LogP contribution is 2.27. The molecule has 0 heterocycles. The Bertz CT molecular complexity index is 226. The summed E-state index contributed by atoms with van der Waals surface area (Å²) in [7, 11) is -3.28. The Morgan fingerprint density at radius 3 is 2.00 bits per heavy atom. The fourth-order valence-corrected chi connectivity index (χ4v) is 1.46. The third kappa shape index (κ3) is 5.55. The van der Waals surface area contributed by atoms with Gasteiger partial charge in [0.15, 0.2) is 0 Å². The molecule has 1 atom stereocenters. The Morgan fingerprint density at radius 2 is 1.75 bits per heavy atom. The minimum Gasteiger partial charge on any atom is -0.229 e. The fourth-order valence-electron chi connectivity index (χ4n) is 0.774. The molecule has 74 valence electrons. The van der Waals surface area contributed by atoms with Crippen molar-refractivity contribution in [1.82, 2.24) is 0 Å². The summed E-state index contributed by atoms with van der Waals surface area (Å²) in [5.41, 5.74) is 0.157. The molecule has 0 radical (unpaired) electrons. The van der Waals surface area contributed by atoms with Crippen molar-refractivity contribution < 1.29 is 8.42 Å². The molecule has 3 nitrogen and oxygen atoms in total. The van der Waals surface area contributed by atoms with Gasteiger partial charge >= 0.3 is 0 Å². The van der Waals surface area contributed by atoms with Crippen LogP contribution in [0.3, 0.4) is 0 Å². The van der Waals surface area contributed by atoms with Crippen LogP contribution in [0.1, 0.15) is 34.1 Å². The van der Waals surface area contributed by atoms with Gasteiger partial charge in [-0.05, 0) is 17.8 Å². The van der Waals surface area contributed by atoms with Crippen LogP contribution in [0.5, 0.6) is 0 Å². The Hall–Kier alpha value is -0.0900. The van der Waals surface area contributed by atoms with Gasteiger partial charge in [-0.25, -0.2) is 13.6 Å². The molecule has 4 heteroatoms. The number of primary sulfonamides is 1. The van der Waals surface area contributed by atoms with E-state index in [9.17, 15) is 8.42 Å². The summed E-state index contributed by atoms with van der Waals surface area (Å²) in [6.07, 6.45) is 0.641. The van der Waals surface area contributed by atoms with Gasteiger partial charge in [0.1, 0.15) is 0 Å². The van der Waals surface area contributed by atoms with Crippen molar-refractivity contribution in [2.45, 2.75) is 34.1 Å². The van der Waals surface area contributed by atoms with Gasteiger partial charge in [-0.2, -0.15) is 0 Å². The highest BCUT2D eigenvalue weighted by Gasteiger charge is 2.20. The molecule has 0 spiro atoms. The maximum Gasteiger partial charge on any atom is 0.209 e. The van der Waals surface area contributed by atoms with E-state index >= 15 is 0 Å². The first kappa shape index (κ1) is 11.9. The van der Waals surface area contributed by atoms with E-state index in [1.807, 2.05) is 6.92 Å². The molecule has 0 saturated heterocycles. The molecular weight excluding hydrogens is 174 g/mol. The SMILES string of the molecule is CC(CCS(N)(=O)=O)C(C)(C)C. The number of hydrogen-bond donors (Lipinski definition) is 1. The highest BCUT2D eigenvalue weighted by molar-refractivity contribution is 7.89. The van der Waals surface area contributed by atoms with Crippen LogP contribution in [-0.2, 0) is 10.0 Å². The minimum atomic E-state index is -3.28. The molecular formula is C8H19NO2S. The van der Waals surface area contributed by atoms with Crippen LogP contribution in [0.4, 0.5) is 0 Å². The van der Waals surface area contributed by atoms with Gasteiger partial charge in [-0.15, -0.1) is 0 Å². The number of sulfonamides is 1. The molecule has 0 aromatic carbocycles.